The summed E-state index contributed by atoms with van der Waals surface area (Å²) in [6.45, 7) is 2.88. The molecule has 0 aliphatic heterocycles. The smallest absolute Gasteiger partial charge is 0.321 e. The number of ether oxygens (including phenoxy) is 1. The second-order valence-corrected chi connectivity index (χ2v) is 5.34. The molecule has 0 amide bonds. The molecule has 0 aromatic heterocycles. The van der Waals surface area contributed by atoms with Crippen molar-refractivity contribution in [3.8, 4) is 5.75 Å². The van der Waals surface area contributed by atoms with Gasteiger partial charge in [-0.05, 0) is 24.1 Å². The molecule has 0 saturated heterocycles. The zero-order chi connectivity index (χ0) is 14.1. The second-order valence-electron chi connectivity index (χ2n) is 4.31. The molecule has 1 aromatic rings. The first-order valence-electron chi connectivity index (χ1n) is 6.41. The molecule has 0 saturated carbocycles. The molecule has 0 heterocycles. The van der Waals surface area contributed by atoms with E-state index in [0.717, 1.165) is 36.5 Å². The predicted molar refractivity (Wildman–Crippen MR) is 78.6 cm³/mol. The van der Waals surface area contributed by atoms with Crippen molar-refractivity contribution in [2.24, 2.45) is 5.73 Å². The average Bonchev–Trinajstić information content (AvgIpc) is 2.40. The van der Waals surface area contributed by atoms with Gasteiger partial charge in [0.25, 0.3) is 0 Å². The molecule has 4 nitrogen and oxygen atoms in total. The van der Waals surface area contributed by atoms with Crippen molar-refractivity contribution in [2.45, 2.75) is 31.6 Å². The number of unbranched alkanes of at least 4 members (excludes halogenated alkanes) is 1. The number of nitrogens with two attached hydrogens (primary N) is 1. The van der Waals surface area contributed by atoms with Crippen molar-refractivity contribution in [1.82, 2.24) is 0 Å². The first-order chi connectivity index (χ1) is 9.13. The Kier molecular flexibility index (Phi) is 7.36. The van der Waals surface area contributed by atoms with Gasteiger partial charge in [-0.2, -0.15) is 11.8 Å². The SMILES string of the molecule is CCCCOc1ccc(CSCC(N)C(=O)O)cc1. The van der Waals surface area contributed by atoms with Crippen molar-refractivity contribution in [3.05, 3.63) is 29.8 Å². The highest BCUT2D eigenvalue weighted by molar-refractivity contribution is 7.98. The third-order valence-electron chi connectivity index (χ3n) is 2.57. The first kappa shape index (κ1) is 15.9. The van der Waals surface area contributed by atoms with Crippen LogP contribution in [0.5, 0.6) is 5.75 Å². The summed E-state index contributed by atoms with van der Waals surface area (Å²) in [4.78, 5) is 10.6. The Hall–Kier alpha value is -1.20. The fraction of sp³-hybridized carbons (Fsp3) is 0.500. The van der Waals surface area contributed by atoms with E-state index in [-0.39, 0.29) is 0 Å². The van der Waals surface area contributed by atoms with E-state index in [0.29, 0.717) is 5.75 Å². The van der Waals surface area contributed by atoms with Crippen molar-refractivity contribution < 1.29 is 14.6 Å². The quantitative estimate of drug-likeness (QED) is 0.681. The van der Waals surface area contributed by atoms with Crippen LogP contribution in [0.15, 0.2) is 24.3 Å². The van der Waals surface area contributed by atoms with Crippen LogP contribution in [0.2, 0.25) is 0 Å². The molecular weight excluding hydrogens is 262 g/mol. The number of carbonyl (C=O) groups is 1. The van der Waals surface area contributed by atoms with Gasteiger partial charge in [0.15, 0.2) is 0 Å². The summed E-state index contributed by atoms with van der Waals surface area (Å²) in [6.07, 6.45) is 2.18. The number of aliphatic carboxylic acids is 1. The highest BCUT2D eigenvalue weighted by Gasteiger charge is 2.10. The minimum atomic E-state index is -0.952. The van der Waals surface area contributed by atoms with E-state index >= 15 is 0 Å². The monoisotopic (exact) mass is 283 g/mol. The predicted octanol–water partition coefficient (Wildman–Crippen LogP) is 2.51. The Balaban J connectivity index is 2.30. The third kappa shape index (κ3) is 6.50. The highest BCUT2D eigenvalue weighted by atomic mass is 32.2. The second kappa shape index (κ2) is 8.82. The number of thioether (sulfide) groups is 1. The molecule has 0 aliphatic rings. The van der Waals surface area contributed by atoms with Crippen molar-refractivity contribution in [3.63, 3.8) is 0 Å². The molecule has 1 rings (SSSR count). The lowest BCUT2D eigenvalue weighted by molar-refractivity contribution is -0.137. The molecule has 1 aromatic carbocycles. The molecule has 0 spiro atoms. The van der Waals surface area contributed by atoms with Crippen LogP contribution in [-0.4, -0.2) is 29.5 Å². The minimum absolute atomic E-state index is 0.421. The van der Waals surface area contributed by atoms with Crippen LogP contribution < -0.4 is 10.5 Å². The average molecular weight is 283 g/mol. The van der Waals surface area contributed by atoms with Crippen molar-refractivity contribution >= 4 is 17.7 Å². The lowest BCUT2D eigenvalue weighted by Gasteiger charge is -2.08. The van der Waals surface area contributed by atoms with E-state index in [1.165, 1.54) is 11.8 Å². The Morgan fingerprint density at radius 2 is 2.11 bits per heavy atom. The van der Waals surface area contributed by atoms with Crippen LogP contribution in [0.3, 0.4) is 0 Å². The number of benzene rings is 1. The minimum Gasteiger partial charge on any atom is -0.494 e. The summed E-state index contributed by atoms with van der Waals surface area (Å²) in [5, 5.41) is 8.66. The van der Waals surface area contributed by atoms with E-state index in [1.807, 2.05) is 24.3 Å². The van der Waals surface area contributed by atoms with Crippen molar-refractivity contribution in [2.75, 3.05) is 12.4 Å². The Morgan fingerprint density at radius 3 is 2.68 bits per heavy atom. The van der Waals surface area contributed by atoms with Gasteiger partial charge in [-0.1, -0.05) is 25.5 Å². The third-order valence-corrected chi connectivity index (χ3v) is 3.71. The molecular formula is C14H21NO3S. The van der Waals surface area contributed by atoms with Gasteiger partial charge >= 0.3 is 5.97 Å². The molecule has 5 heteroatoms. The van der Waals surface area contributed by atoms with Gasteiger partial charge in [-0.25, -0.2) is 0 Å². The van der Waals surface area contributed by atoms with Gasteiger partial charge in [-0.15, -0.1) is 0 Å². The van der Waals surface area contributed by atoms with Crippen molar-refractivity contribution in [1.29, 1.82) is 0 Å². The van der Waals surface area contributed by atoms with Crippen LogP contribution in [0.25, 0.3) is 0 Å². The standard InChI is InChI=1S/C14H21NO3S/c1-2-3-8-18-12-6-4-11(5-7-12)9-19-10-13(15)14(16)17/h4-7,13H,2-3,8-10,15H2,1H3,(H,16,17). The highest BCUT2D eigenvalue weighted by Crippen LogP contribution is 2.17. The lowest BCUT2D eigenvalue weighted by Crippen LogP contribution is -2.32. The molecule has 0 radical (unpaired) electrons. The van der Waals surface area contributed by atoms with E-state index in [1.54, 1.807) is 0 Å². The maximum atomic E-state index is 10.6. The number of carboxylic acids is 1. The molecule has 19 heavy (non-hydrogen) atoms. The lowest BCUT2D eigenvalue weighted by atomic mass is 10.2. The van der Waals surface area contributed by atoms with E-state index < -0.39 is 12.0 Å². The molecule has 1 atom stereocenters. The molecule has 0 aliphatic carbocycles. The summed E-state index contributed by atoms with van der Waals surface area (Å²) in [6, 6.07) is 7.11. The summed E-state index contributed by atoms with van der Waals surface area (Å²) in [5.74, 6) is 1.11. The van der Waals surface area contributed by atoms with Gasteiger partial charge in [0.05, 0.1) is 6.61 Å². The zero-order valence-corrected chi connectivity index (χ0v) is 12.0. The van der Waals surface area contributed by atoms with Crippen LogP contribution in [0, 0.1) is 0 Å². The largest absolute Gasteiger partial charge is 0.494 e. The Morgan fingerprint density at radius 1 is 1.42 bits per heavy atom. The van der Waals surface area contributed by atoms with Crippen LogP contribution in [0.4, 0.5) is 0 Å². The fourth-order valence-corrected chi connectivity index (χ4v) is 2.33. The number of hydrogen-bond donors (Lipinski definition) is 2. The normalized spacial score (nSPS) is 12.1. The van der Waals surface area contributed by atoms with Gasteiger partial charge in [-0.3, -0.25) is 4.79 Å². The summed E-state index contributed by atoms with van der Waals surface area (Å²) in [7, 11) is 0. The Bertz CT molecular complexity index is 381. The van der Waals surface area contributed by atoms with Crippen LogP contribution in [0.1, 0.15) is 25.3 Å². The van der Waals surface area contributed by atoms with Crippen LogP contribution >= 0.6 is 11.8 Å². The number of carboxylic acid groups (broad SMARTS) is 1. The maximum Gasteiger partial charge on any atom is 0.321 e. The van der Waals surface area contributed by atoms with E-state index in [2.05, 4.69) is 6.92 Å². The molecule has 0 fully saturated rings. The number of rotatable bonds is 9. The van der Waals surface area contributed by atoms with Crippen LogP contribution in [-0.2, 0) is 10.5 Å². The van der Waals surface area contributed by atoms with E-state index in [4.69, 9.17) is 15.6 Å². The molecule has 106 valence electrons. The number of hydrogen-bond acceptors (Lipinski definition) is 4. The van der Waals surface area contributed by atoms with Gasteiger partial charge in [0.1, 0.15) is 11.8 Å². The van der Waals surface area contributed by atoms with E-state index in [9.17, 15) is 4.79 Å². The van der Waals surface area contributed by atoms with Gasteiger partial charge in [0.2, 0.25) is 0 Å². The summed E-state index contributed by atoms with van der Waals surface area (Å²) < 4.78 is 5.57. The topological polar surface area (TPSA) is 72.5 Å². The van der Waals surface area contributed by atoms with Gasteiger partial charge in [0, 0.05) is 11.5 Å². The molecule has 3 N–H and O–H groups in total. The van der Waals surface area contributed by atoms with Gasteiger partial charge < -0.3 is 15.6 Å². The molecule has 1 unspecified atom stereocenters. The maximum absolute atomic E-state index is 10.6. The fourth-order valence-electron chi connectivity index (χ4n) is 1.39. The zero-order valence-electron chi connectivity index (χ0n) is 11.2. The Labute approximate surface area is 118 Å². The summed E-state index contributed by atoms with van der Waals surface area (Å²) in [5.41, 5.74) is 6.58. The molecule has 0 bridgehead atoms. The first-order valence-corrected chi connectivity index (χ1v) is 7.56. The summed E-state index contributed by atoms with van der Waals surface area (Å²) >= 11 is 1.52.